The van der Waals surface area contributed by atoms with Crippen molar-refractivity contribution in [3.05, 3.63) is 50.9 Å². The van der Waals surface area contributed by atoms with Crippen LogP contribution in [-0.2, 0) is 13.0 Å². The van der Waals surface area contributed by atoms with Crippen LogP contribution < -0.4 is 15.5 Å². The third kappa shape index (κ3) is 2.53. The molecule has 2 aliphatic heterocycles. The first-order valence-electron chi connectivity index (χ1n) is 7.97. The van der Waals surface area contributed by atoms with Gasteiger partial charge in [0.1, 0.15) is 17.7 Å². The Kier molecular flexibility index (Phi) is 3.79. The summed E-state index contributed by atoms with van der Waals surface area (Å²) in [6.07, 6.45) is 0.717. The van der Waals surface area contributed by atoms with Gasteiger partial charge >= 0.3 is 0 Å². The molecule has 0 saturated carbocycles. The van der Waals surface area contributed by atoms with Crippen LogP contribution in [0.4, 0.5) is 5.00 Å². The average Bonchev–Trinajstić information content (AvgIpc) is 2.92. The first-order chi connectivity index (χ1) is 11.2. The standard InChI is InChI=1S/C17H18ClN3OS/c1-2-21-8-7-11-13(9-21)23-17-14(11)16(22)19-15(20-17)10-5-3-4-6-12(10)18/h3-6,15,20H,2,7-9H2,1H3,(H,19,22)/p+1/t15-/m0/s1. The van der Waals surface area contributed by atoms with Gasteiger partial charge in [0.15, 0.2) is 0 Å². The summed E-state index contributed by atoms with van der Waals surface area (Å²) in [6, 6.07) is 7.63. The van der Waals surface area contributed by atoms with Gasteiger partial charge in [-0.05, 0) is 18.6 Å². The van der Waals surface area contributed by atoms with Crippen LogP contribution in [0, 0.1) is 0 Å². The molecule has 3 heterocycles. The number of likely N-dealkylation sites (N-methyl/N-ethyl adjacent to an activating group) is 1. The van der Waals surface area contributed by atoms with Crippen LogP contribution >= 0.6 is 22.9 Å². The van der Waals surface area contributed by atoms with Crippen molar-refractivity contribution in [3.8, 4) is 0 Å². The second-order valence-electron chi connectivity index (χ2n) is 6.06. The summed E-state index contributed by atoms with van der Waals surface area (Å²) in [4.78, 5) is 15.6. The van der Waals surface area contributed by atoms with Crippen molar-refractivity contribution in [1.82, 2.24) is 5.32 Å². The smallest absolute Gasteiger partial charge is 0.256 e. The minimum absolute atomic E-state index is 0.0149. The van der Waals surface area contributed by atoms with E-state index < -0.39 is 0 Å². The average molecular weight is 349 g/mol. The number of nitrogens with one attached hydrogen (secondary N) is 3. The first-order valence-corrected chi connectivity index (χ1v) is 9.16. The fraction of sp³-hybridized carbons (Fsp3) is 0.353. The number of quaternary nitrogens is 1. The Labute approximate surface area is 144 Å². The van der Waals surface area contributed by atoms with Crippen molar-refractivity contribution >= 4 is 33.8 Å². The van der Waals surface area contributed by atoms with E-state index in [9.17, 15) is 4.79 Å². The lowest BCUT2D eigenvalue weighted by Crippen LogP contribution is -3.11. The van der Waals surface area contributed by atoms with Crippen LogP contribution in [0.25, 0.3) is 0 Å². The predicted octanol–water partition coefficient (Wildman–Crippen LogP) is 2.22. The normalized spacial score (nSPS) is 22.8. The molecular weight excluding hydrogens is 330 g/mol. The molecular formula is C17H19ClN3OS+. The fourth-order valence-corrected chi connectivity index (χ4v) is 5.01. The highest BCUT2D eigenvalue weighted by molar-refractivity contribution is 7.16. The van der Waals surface area contributed by atoms with Crippen LogP contribution in [0.5, 0.6) is 0 Å². The maximum absolute atomic E-state index is 12.7. The number of anilines is 1. The molecule has 1 aromatic heterocycles. The molecule has 23 heavy (non-hydrogen) atoms. The van der Waals surface area contributed by atoms with Gasteiger partial charge in [-0.25, -0.2) is 0 Å². The van der Waals surface area contributed by atoms with Gasteiger partial charge in [-0.2, -0.15) is 0 Å². The van der Waals surface area contributed by atoms with E-state index in [1.807, 2.05) is 24.3 Å². The van der Waals surface area contributed by atoms with E-state index in [1.54, 1.807) is 16.2 Å². The second kappa shape index (κ2) is 5.82. The molecule has 6 heteroatoms. The maximum atomic E-state index is 12.7. The molecule has 0 fully saturated rings. The molecule has 0 bridgehead atoms. The Morgan fingerprint density at radius 3 is 2.96 bits per heavy atom. The van der Waals surface area contributed by atoms with E-state index in [4.69, 9.17) is 11.6 Å². The lowest BCUT2D eigenvalue weighted by Gasteiger charge is -2.27. The fourth-order valence-electron chi connectivity index (χ4n) is 3.42. The first kappa shape index (κ1) is 15.0. The number of amides is 1. The molecule has 3 N–H and O–H groups in total. The van der Waals surface area contributed by atoms with Crippen LogP contribution in [0.3, 0.4) is 0 Å². The van der Waals surface area contributed by atoms with Crippen LogP contribution in [0.1, 0.15) is 39.5 Å². The van der Waals surface area contributed by atoms with Gasteiger partial charge < -0.3 is 15.5 Å². The lowest BCUT2D eigenvalue weighted by atomic mass is 10.0. The number of thiophene rings is 1. The van der Waals surface area contributed by atoms with Crippen molar-refractivity contribution in [2.24, 2.45) is 0 Å². The quantitative estimate of drug-likeness (QED) is 0.779. The van der Waals surface area contributed by atoms with Crippen LogP contribution in [0.2, 0.25) is 5.02 Å². The Balaban J connectivity index is 1.69. The number of benzene rings is 1. The second-order valence-corrected chi connectivity index (χ2v) is 7.57. The Hall–Kier alpha value is -1.56. The lowest BCUT2D eigenvalue weighted by molar-refractivity contribution is -0.913. The zero-order chi connectivity index (χ0) is 16.0. The highest BCUT2D eigenvalue weighted by atomic mass is 35.5. The van der Waals surface area contributed by atoms with Crippen molar-refractivity contribution in [1.29, 1.82) is 0 Å². The third-order valence-electron chi connectivity index (χ3n) is 4.72. The van der Waals surface area contributed by atoms with Crippen molar-refractivity contribution < 1.29 is 9.69 Å². The van der Waals surface area contributed by atoms with Crippen molar-refractivity contribution in [2.75, 3.05) is 18.4 Å². The molecule has 0 spiro atoms. The van der Waals surface area contributed by atoms with Gasteiger partial charge in [0, 0.05) is 17.0 Å². The summed E-state index contributed by atoms with van der Waals surface area (Å²) >= 11 is 8.01. The molecule has 2 aromatic rings. The third-order valence-corrected chi connectivity index (χ3v) is 6.23. The van der Waals surface area contributed by atoms with Gasteiger partial charge in [0.2, 0.25) is 0 Å². The molecule has 1 unspecified atom stereocenters. The van der Waals surface area contributed by atoms with Gasteiger partial charge in [0.05, 0.1) is 23.5 Å². The summed E-state index contributed by atoms with van der Waals surface area (Å²) < 4.78 is 0. The van der Waals surface area contributed by atoms with E-state index in [0.29, 0.717) is 5.02 Å². The van der Waals surface area contributed by atoms with E-state index in [0.717, 1.165) is 42.2 Å². The highest BCUT2D eigenvalue weighted by Crippen LogP contribution is 2.39. The topological polar surface area (TPSA) is 45.6 Å². The summed E-state index contributed by atoms with van der Waals surface area (Å²) in [5, 5.41) is 8.17. The van der Waals surface area contributed by atoms with E-state index in [2.05, 4.69) is 17.6 Å². The van der Waals surface area contributed by atoms with Gasteiger partial charge in [0.25, 0.3) is 5.91 Å². The molecule has 120 valence electrons. The number of carbonyl (C=O) groups excluding carboxylic acids is 1. The Bertz CT molecular complexity index is 773. The molecule has 0 saturated heterocycles. The molecule has 1 amide bonds. The van der Waals surface area contributed by atoms with E-state index >= 15 is 0 Å². The summed E-state index contributed by atoms with van der Waals surface area (Å²) in [5.74, 6) is 0.0149. The SMILES string of the molecule is CC[NH+]1CCc2c(sc3c2C(=O)N[C@H](c2ccccc2Cl)N3)C1. The molecule has 0 aliphatic carbocycles. The molecule has 1 aromatic carbocycles. The number of carbonyl (C=O) groups is 1. The largest absolute Gasteiger partial charge is 0.353 e. The summed E-state index contributed by atoms with van der Waals surface area (Å²) in [6.45, 7) is 5.47. The monoisotopic (exact) mass is 348 g/mol. The molecule has 4 rings (SSSR count). The summed E-state index contributed by atoms with van der Waals surface area (Å²) in [5.41, 5.74) is 2.99. The number of rotatable bonds is 2. The minimum Gasteiger partial charge on any atom is -0.353 e. The molecule has 0 radical (unpaired) electrons. The van der Waals surface area contributed by atoms with Gasteiger partial charge in [-0.15, -0.1) is 11.3 Å². The minimum atomic E-state index is -0.265. The van der Waals surface area contributed by atoms with E-state index in [-0.39, 0.29) is 12.1 Å². The highest BCUT2D eigenvalue weighted by Gasteiger charge is 2.34. The predicted molar refractivity (Wildman–Crippen MR) is 93.4 cm³/mol. The molecule has 2 aliphatic rings. The molecule has 2 atom stereocenters. The number of halogens is 1. The number of hydrogen-bond donors (Lipinski definition) is 3. The number of hydrogen-bond acceptors (Lipinski definition) is 3. The Morgan fingerprint density at radius 1 is 1.35 bits per heavy atom. The van der Waals surface area contributed by atoms with Crippen LogP contribution in [-0.4, -0.2) is 19.0 Å². The van der Waals surface area contributed by atoms with E-state index in [1.165, 1.54) is 10.4 Å². The summed E-state index contributed by atoms with van der Waals surface area (Å²) in [7, 11) is 0. The van der Waals surface area contributed by atoms with Gasteiger partial charge in [-0.3, -0.25) is 4.79 Å². The zero-order valence-corrected chi connectivity index (χ0v) is 14.5. The van der Waals surface area contributed by atoms with Crippen LogP contribution in [0.15, 0.2) is 24.3 Å². The maximum Gasteiger partial charge on any atom is 0.256 e. The van der Waals surface area contributed by atoms with Crippen molar-refractivity contribution in [2.45, 2.75) is 26.1 Å². The molecule has 4 nitrogen and oxygen atoms in total. The number of fused-ring (bicyclic) bond motifs is 3. The zero-order valence-electron chi connectivity index (χ0n) is 12.9. The Morgan fingerprint density at radius 2 is 2.17 bits per heavy atom. The van der Waals surface area contributed by atoms with Crippen molar-refractivity contribution in [3.63, 3.8) is 0 Å². The van der Waals surface area contributed by atoms with Gasteiger partial charge in [-0.1, -0.05) is 29.8 Å².